The summed E-state index contributed by atoms with van der Waals surface area (Å²) in [5.74, 6) is 0.345. The average molecular weight is 497 g/mol. The molecule has 3 aromatic rings. The summed E-state index contributed by atoms with van der Waals surface area (Å²) in [4.78, 5) is 29.4. The monoisotopic (exact) mass is 496 g/mol. The Labute approximate surface area is 209 Å². The molecule has 1 fully saturated rings. The lowest BCUT2D eigenvalue weighted by molar-refractivity contribution is -0.149. The van der Waals surface area contributed by atoms with Gasteiger partial charge in [-0.05, 0) is 81.9 Å². The molecule has 1 aliphatic rings. The molecule has 35 heavy (non-hydrogen) atoms. The molecule has 0 saturated carbocycles. The molecule has 186 valence electrons. The number of aromatic nitrogens is 1. The molecule has 0 radical (unpaired) electrons. The van der Waals surface area contributed by atoms with Gasteiger partial charge in [-0.25, -0.2) is 0 Å². The van der Waals surface area contributed by atoms with Crippen molar-refractivity contribution in [2.24, 2.45) is 5.92 Å². The minimum Gasteiger partial charge on any atom is -0.507 e. The van der Waals surface area contributed by atoms with Crippen molar-refractivity contribution in [2.75, 3.05) is 26.0 Å². The van der Waals surface area contributed by atoms with Gasteiger partial charge in [-0.2, -0.15) is 0 Å². The molecule has 0 unspecified atom stereocenters. The highest BCUT2D eigenvalue weighted by molar-refractivity contribution is 7.98. The zero-order valence-electron chi connectivity index (χ0n) is 20.4. The lowest BCUT2D eigenvalue weighted by Crippen LogP contribution is -2.42. The van der Waals surface area contributed by atoms with Gasteiger partial charge in [-0.15, -0.1) is 11.8 Å². The third-order valence-electron chi connectivity index (χ3n) is 6.64. The summed E-state index contributed by atoms with van der Waals surface area (Å²) >= 11 is 1.65. The van der Waals surface area contributed by atoms with Gasteiger partial charge in [-0.3, -0.25) is 14.5 Å². The molecular weight excluding hydrogens is 464 g/mol. The molecule has 7 nitrogen and oxygen atoms in total. The lowest BCUT2D eigenvalue weighted by atomic mass is 9.91. The van der Waals surface area contributed by atoms with Crippen molar-refractivity contribution in [2.45, 2.75) is 44.2 Å². The van der Waals surface area contributed by atoms with Gasteiger partial charge in [0, 0.05) is 10.6 Å². The van der Waals surface area contributed by atoms with Crippen LogP contribution in [-0.4, -0.2) is 46.5 Å². The first-order chi connectivity index (χ1) is 16.9. The summed E-state index contributed by atoms with van der Waals surface area (Å²) in [6.07, 6.45) is 4.89. The summed E-state index contributed by atoms with van der Waals surface area (Å²) in [6.45, 7) is 5.51. The molecule has 0 amide bonds. The molecule has 0 aliphatic carbocycles. The van der Waals surface area contributed by atoms with Crippen LogP contribution in [-0.2, 0) is 16.1 Å². The van der Waals surface area contributed by atoms with Crippen LogP contribution in [0, 0.1) is 12.8 Å². The fourth-order valence-electron chi connectivity index (χ4n) is 4.78. The summed E-state index contributed by atoms with van der Waals surface area (Å²) in [7, 11) is 0. The number of rotatable bonds is 8. The third-order valence-corrected chi connectivity index (χ3v) is 7.38. The van der Waals surface area contributed by atoms with Gasteiger partial charge in [-0.1, -0.05) is 12.1 Å². The number of thioether (sulfide) groups is 1. The summed E-state index contributed by atoms with van der Waals surface area (Å²) < 4.78 is 12.3. The van der Waals surface area contributed by atoms with Crippen LogP contribution < -0.4 is 5.56 Å². The molecule has 1 aliphatic heterocycles. The van der Waals surface area contributed by atoms with E-state index in [-0.39, 0.29) is 29.7 Å². The zero-order valence-corrected chi connectivity index (χ0v) is 21.2. The Kier molecular flexibility index (Phi) is 8.03. The van der Waals surface area contributed by atoms with E-state index in [1.54, 1.807) is 41.6 Å². The van der Waals surface area contributed by atoms with Gasteiger partial charge in [0.1, 0.15) is 11.5 Å². The van der Waals surface area contributed by atoms with Crippen LogP contribution in [0.25, 0.3) is 0 Å². The number of aryl methyl sites for hydroxylation is 1. The van der Waals surface area contributed by atoms with E-state index in [1.165, 1.54) is 0 Å². The first-order valence-electron chi connectivity index (χ1n) is 11.9. The molecule has 0 spiro atoms. The molecule has 1 N–H and O–H groups in total. The number of hydrogen-bond acceptors (Lipinski definition) is 7. The molecule has 1 atom stereocenters. The number of benzene rings is 1. The number of ether oxygens (including phenoxy) is 1. The van der Waals surface area contributed by atoms with Gasteiger partial charge in [0.2, 0.25) is 0 Å². The number of esters is 1. The fraction of sp³-hybridized carbons (Fsp3) is 0.407. The minimum absolute atomic E-state index is 0.0188. The van der Waals surface area contributed by atoms with Gasteiger partial charge in [0.15, 0.2) is 0 Å². The van der Waals surface area contributed by atoms with Crippen LogP contribution in [0.5, 0.6) is 5.75 Å². The van der Waals surface area contributed by atoms with Gasteiger partial charge in [0.05, 0.1) is 36.9 Å². The van der Waals surface area contributed by atoms with Crippen molar-refractivity contribution in [1.29, 1.82) is 0 Å². The number of piperidine rings is 1. The van der Waals surface area contributed by atoms with Crippen molar-refractivity contribution in [3.8, 4) is 5.75 Å². The molecule has 4 rings (SSSR count). The van der Waals surface area contributed by atoms with Crippen molar-refractivity contribution in [3.63, 3.8) is 0 Å². The summed E-state index contributed by atoms with van der Waals surface area (Å²) in [6, 6.07) is 12.9. The minimum atomic E-state index is -0.440. The van der Waals surface area contributed by atoms with Crippen LogP contribution in [0.4, 0.5) is 0 Å². The number of carbonyl (C=O) groups is 1. The second-order valence-electron chi connectivity index (χ2n) is 8.79. The van der Waals surface area contributed by atoms with Crippen LogP contribution in [0.2, 0.25) is 0 Å². The maximum absolute atomic E-state index is 13.8. The Bertz CT molecular complexity index is 1200. The SMILES string of the molecule is CCOC(=O)C1CCN([C@@H](c2ccc(SC)cc2)c2c(O)cc(C)n(Cc3ccco3)c2=O)CC1. The lowest BCUT2D eigenvalue weighted by Gasteiger charge is -2.37. The molecule has 8 heteroatoms. The Balaban J connectivity index is 1.74. The molecular formula is C27H32N2O5S. The summed E-state index contributed by atoms with van der Waals surface area (Å²) in [5, 5.41) is 11.1. The third kappa shape index (κ3) is 5.49. The standard InChI is InChI=1S/C27H32N2O5S/c1-4-33-27(32)20-11-13-28(14-12-20)25(19-7-9-22(35-3)10-8-19)24-23(30)16-18(2)29(26(24)31)17-21-6-5-15-34-21/h5-10,15-16,20,25,30H,4,11-14,17H2,1-3H3/t25-/m0/s1. The zero-order chi connectivity index (χ0) is 24.9. The van der Waals surface area contributed by atoms with Gasteiger partial charge in [0.25, 0.3) is 5.56 Å². The van der Waals surface area contributed by atoms with E-state index in [1.807, 2.05) is 43.5 Å². The number of carbonyl (C=O) groups excluding carboxylic acids is 1. The molecule has 2 aromatic heterocycles. The number of pyridine rings is 1. The maximum Gasteiger partial charge on any atom is 0.309 e. The van der Waals surface area contributed by atoms with Gasteiger partial charge < -0.3 is 18.8 Å². The smallest absolute Gasteiger partial charge is 0.309 e. The second kappa shape index (κ2) is 11.2. The van der Waals surface area contributed by atoms with E-state index >= 15 is 0 Å². The fourth-order valence-corrected chi connectivity index (χ4v) is 5.19. The highest BCUT2D eigenvalue weighted by atomic mass is 32.2. The summed E-state index contributed by atoms with van der Waals surface area (Å²) in [5.41, 5.74) is 1.68. The molecule has 0 bridgehead atoms. The van der Waals surface area contributed by atoms with E-state index in [0.29, 0.717) is 49.6 Å². The van der Waals surface area contributed by atoms with Crippen molar-refractivity contribution in [1.82, 2.24) is 9.47 Å². The maximum atomic E-state index is 13.8. The highest BCUT2D eigenvalue weighted by Gasteiger charge is 2.34. The van der Waals surface area contributed by atoms with E-state index < -0.39 is 6.04 Å². The largest absolute Gasteiger partial charge is 0.507 e. The van der Waals surface area contributed by atoms with Crippen LogP contribution in [0.1, 0.15) is 48.4 Å². The first kappa shape index (κ1) is 25.1. The first-order valence-corrected chi connectivity index (χ1v) is 13.2. The van der Waals surface area contributed by atoms with Crippen molar-refractivity contribution >= 4 is 17.7 Å². The Hall–Kier alpha value is -2.97. The number of hydrogen-bond donors (Lipinski definition) is 1. The van der Waals surface area contributed by atoms with Gasteiger partial charge >= 0.3 is 5.97 Å². The number of likely N-dealkylation sites (tertiary alicyclic amines) is 1. The Morgan fingerprint density at radius 1 is 1.23 bits per heavy atom. The molecule has 3 heterocycles. The Morgan fingerprint density at radius 2 is 1.94 bits per heavy atom. The van der Waals surface area contributed by atoms with E-state index in [4.69, 9.17) is 9.15 Å². The molecule has 1 aromatic carbocycles. The number of aromatic hydroxyl groups is 1. The van der Waals surface area contributed by atoms with Crippen molar-refractivity contribution in [3.05, 3.63) is 81.7 Å². The quantitative estimate of drug-likeness (QED) is 0.361. The number of furan rings is 1. The predicted octanol–water partition coefficient (Wildman–Crippen LogP) is 4.59. The second-order valence-corrected chi connectivity index (χ2v) is 9.67. The van der Waals surface area contributed by atoms with Crippen LogP contribution in [0.15, 0.2) is 62.8 Å². The topological polar surface area (TPSA) is 84.9 Å². The molecule has 1 saturated heterocycles. The number of nitrogens with zero attached hydrogens (tertiary/aromatic N) is 2. The van der Waals surface area contributed by atoms with E-state index in [9.17, 15) is 14.7 Å². The van der Waals surface area contributed by atoms with E-state index in [2.05, 4.69) is 4.90 Å². The average Bonchev–Trinajstić information content (AvgIpc) is 3.38. The van der Waals surface area contributed by atoms with Crippen LogP contribution in [0.3, 0.4) is 0 Å². The predicted molar refractivity (Wildman–Crippen MR) is 136 cm³/mol. The highest BCUT2D eigenvalue weighted by Crippen LogP contribution is 2.36. The van der Waals surface area contributed by atoms with Crippen LogP contribution >= 0.6 is 11.8 Å². The van der Waals surface area contributed by atoms with E-state index in [0.717, 1.165) is 10.5 Å². The normalized spacial score (nSPS) is 15.7. The Morgan fingerprint density at radius 3 is 2.54 bits per heavy atom. The van der Waals surface area contributed by atoms with Crippen molar-refractivity contribution < 1.29 is 19.1 Å².